The van der Waals surface area contributed by atoms with Crippen molar-refractivity contribution >= 4 is 0 Å². The number of unbranched alkanes of at least 4 members (excludes halogenated alkanes) is 2. The summed E-state index contributed by atoms with van der Waals surface area (Å²) >= 11 is 0. The Labute approximate surface area is 128 Å². The van der Waals surface area contributed by atoms with Crippen LogP contribution in [0.25, 0.3) is 0 Å². The summed E-state index contributed by atoms with van der Waals surface area (Å²) in [4.78, 5) is 0. The van der Waals surface area contributed by atoms with E-state index in [-0.39, 0.29) is 0 Å². The molecule has 0 radical (unpaired) electrons. The third kappa shape index (κ3) is 4.99. The van der Waals surface area contributed by atoms with E-state index in [0.29, 0.717) is 12.1 Å². The van der Waals surface area contributed by atoms with Crippen LogP contribution in [0.3, 0.4) is 0 Å². The highest BCUT2D eigenvalue weighted by atomic mass is 16.5. The Bertz CT molecular complexity index is 411. The molecule has 2 atom stereocenters. The van der Waals surface area contributed by atoms with Gasteiger partial charge in [0.15, 0.2) is 0 Å². The summed E-state index contributed by atoms with van der Waals surface area (Å²) < 4.78 is 5.98. The minimum atomic E-state index is 0.330. The minimum Gasteiger partial charge on any atom is -0.493 e. The molecule has 21 heavy (non-hydrogen) atoms. The molecule has 0 aromatic heterocycles. The van der Waals surface area contributed by atoms with Gasteiger partial charge < -0.3 is 10.1 Å². The fourth-order valence-electron chi connectivity index (χ4n) is 2.71. The van der Waals surface area contributed by atoms with Crippen molar-refractivity contribution in [2.75, 3.05) is 19.7 Å². The maximum Gasteiger partial charge on any atom is 0.124 e. The number of hydrogen-bond donors (Lipinski definition) is 3. The predicted molar refractivity (Wildman–Crippen MR) is 87.4 cm³/mol. The summed E-state index contributed by atoms with van der Waals surface area (Å²) in [6.07, 6.45) is 4.67. The van der Waals surface area contributed by atoms with E-state index >= 15 is 0 Å². The van der Waals surface area contributed by atoms with Gasteiger partial charge in [0, 0.05) is 18.2 Å². The molecule has 0 bridgehead atoms. The van der Waals surface area contributed by atoms with Crippen molar-refractivity contribution in [2.24, 2.45) is 0 Å². The number of para-hydroxylation sites is 1. The second-order valence-electron chi connectivity index (χ2n) is 5.67. The molecule has 1 aromatic carbocycles. The lowest BCUT2D eigenvalue weighted by Gasteiger charge is -2.16. The number of benzene rings is 1. The lowest BCUT2D eigenvalue weighted by Crippen LogP contribution is -2.37. The van der Waals surface area contributed by atoms with E-state index in [0.717, 1.165) is 38.3 Å². The van der Waals surface area contributed by atoms with Gasteiger partial charge in [0.25, 0.3) is 0 Å². The molecule has 1 heterocycles. The summed E-state index contributed by atoms with van der Waals surface area (Å²) in [5.41, 5.74) is 8.04. The molecule has 1 aliphatic heterocycles. The smallest absolute Gasteiger partial charge is 0.124 e. The van der Waals surface area contributed by atoms with Gasteiger partial charge in [-0.15, -0.1) is 0 Å². The van der Waals surface area contributed by atoms with Crippen LogP contribution in [0.5, 0.6) is 5.75 Å². The molecule has 1 aliphatic rings. The molecular formula is C17H29N3O. The Morgan fingerprint density at radius 3 is 2.86 bits per heavy atom. The zero-order valence-electron chi connectivity index (χ0n) is 13.3. The molecule has 118 valence electrons. The third-order valence-corrected chi connectivity index (χ3v) is 3.92. The molecule has 0 aliphatic carbocycles. The maximum absolute atomic E-state index is 5.98. The number of likely N-dealkylation sites (N-methyl/N-ethyl adjacent to an activating group) is 1. The lowest BCUT2D eigenvalue weighted by atomic mass is 10.0. The highest BCUT2D eigenvalue weighted by Crippen LogP contribution is 2.30. The first-order valence-electron chi connectivity index (χ1n) is 8.28. The van der Waals surface area contributed by atoms with Crippen molar-refractivity contribution in [3.05, 3.63) is 29.8 Å². The Morgan fingerprint density at radius 2 is 2.05 bits per heavy atom. The normalized spacial score (nSPS) is 21.6. The zero-order chi connectivity index (χ0) is 14.9. The molecule has 2 unspecified atom stereocenters. The fraction of sp³-hybridized carbons (Fsp3) is 0.647. The number of hydrazine groups is 1. The van der Waals surface area contributed by atoms with Crippen LogP contribution < -0.4 is 20.9 Å². The van der Waals surface area contributed by atoms with Gasteiger partial charge in [0.2, 0.25) is 0 Å². The second-order valence-corrected chi connectivity index (χ2v) is 5.67. The van der Waals surface area contributed by atoms with E-state index < -0.39 is 0 Å². The van der Waals surface area contributed by atoms with Crippen molar-refractivity contribution in [1.82, 2.24) is 16.2 Å². The minimum absolute atomic E-state index is 0.330. The lowest BCUT2D eigenvalue weighted by molar-refractivity contribution is 0.300. The van der Waals surface area contributed by atoms with Gasteiger partial charge in [0.1, 0.15) is 5.75 Å². The first-order chi connectivity index (χ1) is 10.3. The zero-order valence-corrected chi connectivity index (χ0v) is 13.3. The van der Waals surface area contributed by atoms with Gasteiger partial charge in [-0.05, 0) is 25.5 Å². The van der Waals surface area contributed by atoms with Crippen LogP contribution in [0, 0.1) is 0 Å². The molecule has 0 saturated carbocycles. The molecule has 1 fully saturated rings. The Morgan fingerprint density at radius 1 is 1.19 bits per heavy atom. The third-order valence-electron chi connectivity index (χ3n) is 3.92. The van der Waals surface area contributed by atoms with Crippen LogP contribution in [-0.2, 0) is 0 Å². The SMILES string of the molecule is CCCCCOc1ccccc1C1CC(CNCC)NN1. The molecule has 0 spiro atoms. The van der Waals surface area contributed by atoms with E-state index in [1.54, 1.807) is 0 Å². The molecular weight excluding hydrogens is 262 g/mol. The Hall–Kier alpha value is -1.10. The Balaban J connectivity index is 1.90. The van der Waals surface area contributed by atoms with Crippen molar-refractivity contribution in [3.8, 4) is 5.75 Å². The van der Waals surface area contributed by atoms with Crippen LogP contribution in [0.2, 0.25) is 0 Å². The number of ether oxygens (including phenoxy) is 1. The quantitative estimate of drug-likeness (QED) is 0.612. The summed E-state index contributed by atoms with van der Waals surface area (Å²) in [5, 5.41) is 3.39. The summed E-state index contributed by atoms with van der Waals surface area (Å²) in [5.74, 6) is 1.03. The highest BCUT2D eigenvalue weighted by Gasteiger charge is 2.26. The molecule has 4 nitrogen and oxygen atoms in total. The van der Waals surface area contributed by atoms with Gasteiger partial charge in [-0.1, -0.05) is 44.9 Å². The number of nitrogens with one attached hydrogen (secondary N) is 3. The van der Waals surface area contributed by atoms with Crippen molar-refractivity contribution < 1.29 is 4.74 Å². The number of hydrogen-bond acceptors (Lipinski definition) is 4. The average molecular weight is 291 g/mol. The largest absolute Gasteiger partial charge is 0.493 e. The predicted octanol–water partition coefficient (Wildman–Crippen LogP) is 2.77. The van der Waals surface area contributed by atoms with Crippen molar-refractivity contribution in [3.63, 3.8) is 0 Å². The van der Waals surface area contributed by atoms with E-state index in [4.69, 9.17) is 4.74 Å². The van der Waals surface area contributed by atoms with Gasteiger partial charge in [-0.2, -0.15) is 0 Å². The van der Waals surface area contributed by atoms with Crippen LogP contribution in [-0.4, -0.2) is 25.7 Å². The standard InChI is InChI=1S/C17H29N3O/c1-3-5-8-11-21-17-10-7-6-9-15(17)16-12-14(19-20-16)13-18-4-2/h6-7,9-10,14,16,18-20H,3-5,8,11-13H2,1-2H3. The monoisotopic (exact) mass is 291 g/mol. The van der Waals surface area contributed by atoms with Crippen molar-refractivity contribution in [1.29, 1.82) is 0 Å². The van der Waals surface area contributed by atoms with E-state index in [1.807, 2.05) is 0 Å². The first kappa shape index (κ1) is 16.3. The van der Waals surface area contributed by atoms with Crippen molar-refractivity contribution in [2.45, 2.75) is 51.6 Å². The van der Waals surface area contributed by atoms with Gasteiger partial charge in [-0.3, -0.25) is 5.43 Å². The molecule has 4 heteroatoms. The van der Waals surface area contributed by atoms with Gasteiger partial charge in [0.05, 0.1) is 12.6 Å². The summed E-state index contributed by atoms with van der Waals surface area (Å²) in [6, 6.07) is 9.20. The molecule has 0 amide bonds. The molecule has 1 saturated heterocycles. The van der Waals surface area contributed by atoms with E-state index in [2.05, 4.69) is 54.3 Å². The van der Waals surface area contributed by atoms with Crippen LogP contribution in [0.1, 0.15) is 51.1 Å². The van der Waals surface area contributed by atoms with E-state index in [9.17, 15) is 0 Å². The maximum atomic E-state index is 5.98. The second kappa shape index (κ2) is 9.03. The van der Waals surface area contributed by atoms with Gasteiger partial charge >= 0.3 is 0 Å². The highest BCUT2D eigenvalue weighted by molar-refractivity contribution is 5.36. The topological polar surface area (TPSA) is 45.3 Å². The number of rotatable bonds is 9. The van der Waals surface area contributed by atoms with Crippen LogP contribution in [0.4, 0.5) is 0 Å². The summed E-state index contributed by atoms with van der Waals surface area (Å²) in [6.45, 7) is 7.18. The molecule has 2 rings (SSSR count). The molecule has 1 aromatic rings. The van der Waals surface area contributed by atoms with Gasteiger partial charge in [-0.25, -0.2) is 5.43 Å². The summed E-state index contributed by atoms with van der Waals surface area (Å²) in [7, 11) is 0. The molecule has 3 N–H and O–H groups in total. The van der Waals surface area contributed by atoms with Crippen LogP contribution in [0.15, 0.2) is 24.3 Å². The Kier molecular flexibility index (Phi) is 7.00. The first-order valence-corrected chi connectivity index (χ1v) is 8.28. The fourth-order valence-corrected chi connectivity index (χ4v) is 2.71. The average Bonchev–Trinajstić information content (AvgIpc) is 2.98. The van der Waals surface area contributed by atoms with E-state index in [1.165, 1.54) is 18.4 Å². The van der Waals surface area contributed by atoms with Crippen LogP contribution >= 0.6 is 0 Å².